The Bertz CT molecular complexity index is 430. The number of methoxy groups -OCH3 is 1. The fourth-order valence-corrected chi connectivity index (χ4v) is 2.29. The highest BCUT2D eigenvalue weighted by Crippen LogP contribution is 2.20. The number of carbonyl (C=O) groups is 3. The van der Waals surface area contributed by atoms with Gasteiger partial charge in [0, 0.05) is 6.54 Å². The second-order valence-electron chi connectivity index (χ2n) is 6.44. The number of carbonyl (C=O) groups excluding carboxylic acids is 3. The Balaban J connectivity index is 2.74. The van der Waals surface area contributed by atoms with E-state index in [0.717, 1.165) is 12.8 Å². The van der Waals surface area contributed by atoms with Crippen LogP contribution in [-0.4, -0.2) is 54.2 Å². The minimum atomic E-state index is -0.750. The number of esters is 1. The molecule has 0 radical (unpaired) electrons. The van der Waals surface area contributed by atoms with Crippen molar-refractivity contribution in [1.82, 2.24) is 10.2 Å². The van der Waals surface area contributed by atoms with Crippen molar-refractivity contribution in [2.75, 3.05) is 13.7 Å². The molecule has 0 saturated carbocycles. The molecule has 0 aromatic rings. The molecule has 0 aromatic carbocycles. The molecule has 2 amide bonds. The molecule has 1 rings (SSSR count). The van der Waals surface area contributed by atoms with Gasteiger partial charge in [0.1, 0.15) is 17.7 Å². The van der Waals surface area contributed by atoms with E-state index in [0.29, 0.717) is 13.0 Å². The molecule has 7 heteroatoms. The topological polar surface area (TPSA) is 84.9 Å². The molecule has 7 nitrogen and oxygen atoms in total. The van der Waals surface area contributed by atoms with Gasteiger partial charge in [-0.05, 0) is 47.0 Å². The van der Waals surface area contributed by atoms with Gasteiger partial charge in [-0.15, -0.1) is 0 Å². The van der Waals surface area contributed by atoms with Gasteiger partial charge in [0.05, 0.1) is 7.11 Å². The van der Waals surface area contributed by atoms with E-state index in [1.165, 1.54) is 12.0 Å². The first kappa shape index (κ1) is 18.3. The third-order valence-electron chi connectivity index (χ3n) is 3.35. The highest BCUT2D eigenvalue weighted by molar-refractivity contribution is 5.89. The van der Waals surface area contributed by atoms with Crippen molar-refractivity contribution < 1.29 is 23.9 Å². The van der Waals surface area contributed by atoms with Crippen LogP contribution < -0.4 is 5.32 Å². The van der Waals surface area contributed by atoms with Gasteiger partial charge in [-0.2, -0.15) is 0 Å². The predicted molar refractivity (Wildman–Crippen MR) is 80.2 cm³/mol. The van der Waals surface area contributed by atoms with Crippen LogP contribution in [0.2, 0.25) is 0 Å². The first-order chi connectivity index (χ1) is 10.2. The molecule has 1 unspecified atom stereocenters. The number of rotatable bonds is 3. The average Bonchev–Trinajstić information content (AvgIpc) is 2.44. The van der Waals surface area contributed by atoms with Crippen LogP contribution in [0, 0.1) is 0 Å². The summed E-state index contributed by atoms with van der Waals surface area (Å²) in [7, 11) is 1.26. The number of nitrogens with zero attached hydrogens (tertiary/aromatic N) is 1. The molecular weight excluding hydrogens is 288 g/mol. The summed E-state index contributed by atoms with van der Waals surface area (Å²) in [6, 6.07) is -1.37. The van der Waals surface area contributed by atoms with Gasteiger partial charge in [-0.25, -0.2) is 9.59 Å². The lowest BCUT2D eigenvalue weighted by Gasteiger charge is -2.36. The number of hydrogen-bond acceptors (Lipinski definition) is 5. The summed E-state index contributed by atoms with van der Waals surface area (Å²) >= 11 is 0. The SMILES string of the molecule is COC(=O)[C@@H](C)NC(=O)C1CCCCN1C(=O)OC(C)(C)C. The van der Waals surface area contributed by atoms with Crippen LogP contribution in [0.3, 0.4) is 0 Å². The smallest absolute Gasteiger partial charge is 0.410 e. The van der Waals surface area contributed by atoms with Crippen LogP contribution in [0.5, 0.6) is 0 Å². The maximum absolute atomic E-state index is 12.3. The summed E-state index contributed by atoms with van der Waals surface area (Å²) < 4.78 is 9.93. The van der Waals surface area contributed by atoms with Crippen LogP contribution in [0.4, 0.5) is 4.79 Å². The van der Waals surface area contributed by atoms with E-state index in [2.05, 4.69) is 10.1 Å². The van der Waals surface area contributed by atoms with E-state index in [1.54, 1.807) is 27.7 Å². The van der Waals surface area contributed by atoms with Gasteiger partial charge in [0.2, 0.25) is 5.91 Å². The van der Waals surface area contributed by atoms with Crippen LogP contribution in [0.1, 0.15) is 47.0 Å². The molecule has 1 aliphatic heterocycles. The van der Waals surface area contributed by atoms with Crippen molar-refractivity contribution in [2.45, 2.75) is 64.6 Å². The zero-order valence-corrected chi connectivity index (χ0v) is 14.0. The molecule has 126 valence electrons. The number of likely N-dealkylation sites (tertiary alicyclic amines) is 1. The third-order valence-corrected chi connectivity index (χ3v) is 3.35. The molecule has 0 bridgehead atoms. The largest absolute Gasteiger partial charge is 0.467 e. The van der Waals surface area contributed by atoms with Crippen LogP contribution in [-0.2, 0) is 19.1 Å². The van der Waals surface area contributed by atoms with Crippen LogP contribution in [0.25, 0.3) is 0 Å². The molecule has 1 fully saturated rings. The lowest BCUT2D eigenvalue weighted by molar-refractivity contribution is -0.145. The summed E-state index contributed by atoms with van der Waals surface area (Å²) in [4.78, 5) is 37.4. The average molecular weight is 314 g/mol. The normalized spacial score (nSPS) is 20.0. The van der Waals surface area contributed by atoms with Crippen molar-refractivity contribution >= 4 is 18.0 Å². The van der Waals surface area contributed by atoms with Gasteiger partial charge in [-0.1, -0.05) is 0 Å². The van der Waals surface area contributed by atoms with Gasteiger partial charge in [0.15, 0.2) is 0 Å². The molecule has 1 heterocycles. The van der Waals surface area contributed by atoms with Crippen molar-refractivity contribution in [3.05, 3.63) is 0 Å². The van der Waals surface area contributed by atoms with Crippen molar-refractivity contribution in [3.63, 3.8) is 0 Å². The Morgan fingerprint density at radius 2 is 1.86 bits per heavy atom. The van der Waals surface area contributed by atoms with Gasteiger partial charge in [-0.3, -0.25) is 9.69 Å². The molecule has 0 spiro atoms. The Morgan fingerprint density at radius 1 is 1.23 bits per heavy atom. The van der Waals surface area contributed by atoms with Crippen LogP contribution >= 0.6 is 0 Å². The summed E-state index contributed by atoms with van der Waals surface area (Å²) in [5.41, 5.74) is -0.616. The molecular formula is C15H26N2O5. The minimum Gasteiger partial charge on any atom is -0.467 e. The number of nitrogens with one attached hydrogen (secondary N) is 1. The molecule has 0 aliphatic carbocycles. The summed E-state index contributed by atoms with van der Waals surface area (Å²) in [6.07, 6.45) is 1.73. The predicted octanol–water partition coefficient (Wildman–Crippen LogP) is 1.45. The highest BCUT2D eigenvalue weighted by atomic mass is 16.6. The first-order valence-corrected chi connectivity index (χ1v) is 7.53. The Morgan fingerprint density at radius 3 is 2.41 bits per heavy atom. The third kappa shape index (κ3) is 5.20. The zero-order chi connectivity index (χ0) is 16.9. The fraction of sp³-hybridized carbons (Fsp3) is 0.800. The van der Waals surface area contributed by atoms with Crippen molar-refractivity contribution in [2.24, 2.45) is 0 Å². The molecule has 1 aliphatic rings. The Kier molecular flexibility index (Phi) is 6.20. The van der Waals surface area contributed by atoms with E-state index >= 15 is 0 Å². The molecule has 22 heavy (non-hydrogen) atoms. The summed E-state index contributed by atoms with van der Waals surface area (Å²) in [5, 5.41) is 2.59. The lowest BCUT2D eigenvalue weighted by Crippen LogP contribution is -2.55. The van der Waals surface area contributed by atoms with Gasteiger partial charge in [0.25, 0.3) is 0 Å². The van der Waals surface area contributed by atoms with Gasteiger partial charge < -0.3 is 14.8 Å². The maximum atomic E-state index is 12.3. The Hall–Kier alpha value is -1.79. The maximum Gasteiger partial charge on any atom is 0.410 e. The zero-order valence-electron chi connectivity index (χ0n) is 14.0. The van der Waals surface area contributed by atoms with E-state index in [1.807, 2.05) is 0 Å². The fourth-order valence-electron chi connectivity index (χ4n) is 2.29. The van der Waals surface area contributed by atoms with Crippen molar-refractivity contribution in [1.29, 1.82) is 0 Å². The lowest BCUT2D eigenvalue weighted by atomic mass is 10.0. The first-order valence-electron chi connectivity index (χ1n) is 7.53. The standard InChI is InChI=1S/C15H26N2O5/c1-10(13(19)21-5)16-12(18)11-8-6-7-9-17(11)14(20)22-15(2,3)4/h10-11H,6-9H2,1-5H3,(H,16,18)/t10-,11?/m1/s1. The molecule has 2 atom stereocenters. The highest BCUT2D eigenvalue weighted by Gasteiger charge is 2.35. The van der Waals surface area contributed by atoms with E-state index in [9.17, 15) is 14.4 Å². The van der Waals surface area contributed by atoms with E-state index in [4.69, 9.17) is 4.74 Å². The number of piperidine rings is 1. The second-order valence-corrected chi connectivity index (χ2v) is 6.44. The molecule has 1 N–H and O–H groups in total. The van der Waals surface area contributed by atoms with Gasteiger partial charge >= 0.3 is 12.1 Å². The van der Waals surface area contributed by atoms with E-state index < -0.39 is 29.7 Å². The summed E-state index contributed by atoms with van der Waals surface area (Å²) in [5.74, 6) is -0.878. The Labute approximate surface area is 131 Å². The number of hydrogen-bond donors (Lipinski definition) is 1. The minimum absolute atomic E-state index is 0.358. The molecule has 0 aromatic heterocycles. The molecule has 1 saturated heterocycles. The number of amides is 2. The van der Waals surface area contributed by atoms with E-state index in [-0.39, 0.29) is 5.91 Å². The summed E-state index contributed by atoms with van der Waals surface area (Å²) in [6.45, 7) is 7.36. The second kappa shape index (κ2) is 7.47. The quantitative estimate of drug-likeness (QED) is 0.797. The monoisotopic (exact) mass is 314 g/mol. The van der Waals surface area contributed by atoms with Crippen LogP contribution in [0.15, 0.2) is 0 Å². The van der Waals surface area contributed by atoms with Crippen molar-refractivity contribution in [3.8, 4) is 0 Å². The number of ether oxygens (including phenoxy) is 2.